The van der Waals surface area contributed by atoms with Crippen LogP contribution in [-0.4, -0.2) is 62.6 Å². The lowest BCUT2D eigenvalue weighted by atomic mass is 10.3. The number of methoxy groups -OCH3 is 1. The summed E-state index contributed by atoms with van der Waals surface area (Å²) in [6, 6.07) is -0.144. The van der Waals surface area contributed by atoms with Crippen LogP contribution in [0.25, 0.3) is 0 Å². The van der Waals surface area contributed by atoms with Gasteiger partial charge >= 0.3 is 0 Å². The first-order valence-electron chi connectivity index (χ1n) is 4.53. The molecule has 0 aromatic heterocycles. The number of hydrogen-bond donors (Lipinski definition) is 4. The fourth-order valence-corrected chi connectivity index (χ4v) is 0.817. The first-order chi connectivity index (χ1) is 6.74. The number of rotatable bonds is 9. The van der Waals surface area contributed by atoms with E-state index in [0.29, 0.717) is 6.61 Å². The predicted octanol–water partition coefficient (Wildman–Crippen LogP) is -2.12. The summed E-state index contributed by atoms with van der Waals surface area (Å²) in [5.41, 5.74) is 5.18. The lowest BCUT2D eigenvalue weighted by molar-refractivity contribution is 0.0199. The molecule has 6 nitrogen and oxygen atoms in total. The summed E-state index contributed by atoms with van der Waals surface area (Å²) in [6.07, 6.45) is -0.633. The quantitative estimate of drug-likeness (QED) is 0.255. The summed E-state index contributed by atoms with van der Waals surface area (Å²) >= 11 is 0. The molecule has 0 rings (SSSR count). The minimum absolute atomic E-state index is 0.0172. The highest BCUT2D eigenvalue weighted by molar-refractivity contribution is 4.61. The van der Waals surface area contributed by atoms with Gasteiger partial charge in [0, 0.05) is 13.7 Å². The highest BCUT2D eigenvalue weighted by atomic mass is 16.5. The van der Waals surface area contributed by atoms with E-state index in [1.165, 1.54) is 0 Å². The zero-order valence-electron chi connectivity index (χ0n) is 8.48. The Balaban J connectivity index is 3.32. The third-order valence-electron chi connectivity index (χ3n) is 1.64. The maximum atomic E-state index is 9.03. The Morgan fingerprint density at radius 3 is 2.64 bits per heavy atom. The average molecular weight is 208 g/mol. The molecule has 0 saturated carbocycles. The van der Waals surface area contributed by atoms with Crippen LogP contribution in [0.4, 0.5) is 0 Å². The van der Waals surface area contributed by atoms with E-state index in [1.54, 1.807) is 7.11 Å². The van der Waals surface area contributed by atoms with Crippen LogP contribution in [0.3, 0.4) is 0 Å². The standard InChI is InChI=1S/C8H20N2O4/c1-13-4-7(3-11)10-6-14-5-8(12)2-9/h7-8,10-12H,2-6,9H2,1H3. The molecule has 0 bridgehead atoms. The first kappa shape index (κ1) is 13.8. The van der Waals surface area contributed by atoms with Gasteiger partial charge in [0.05, 0.1) is 38.7 Å². The van der Waals surface area contributed by atoms with Crippen LogP contribution < -0.4 is 11.1 Å². The van der Waals surface area contributed by atoms with Crippen molar-refractivity contribution < 1.29 is 19.7 Å². The SMILES string of the molecule is COCC(CO)NCOCC(O)CN. The van der Waals surface area contributed by atoms with Crippen molar-refractivity contribution >= 4 is 0 Å². The highest BCUT2D eigenvalue weighted by Gasteiger charge is 2.06. The summed E-state index contributed by atoms with van der Waals surface area (Å²) in [7, 11) is 1.56. The summed E-state index contributed by atoms with van der Waals surface area (Å²) in [5.74, 6) is 0. The molecule has 0 spiro atoms. The van der Waals surface area contributed by atoms with Crippen LogP contribution in [0.15, 0.2) is 0 Å². The summed E-state index contributed by atoms with van der Waals surface area (Å²) < 4.78 is 9.90. The topological polar surface area (TPSA) is 97.0 Å². The molecule has 0 aliphatic rings. The number of nitrogens with one attached hydrogen (secondary N) is 1. The molecular formula is C8H20N2O4. The van der Waals surface area contributed by atoms with Gasteiger partial charge in [0.25, 0.3) is 0 Å². The molecule has 0 amide bonds. The molecule has 0 aromatic carbocycles. The van der Waals surface area contributed by atoms with Gasteiger partial charge in [0.15, 0.2) is 0 Å². The fourth-order valence-electron chi connectivity index (χ4n) is 0.817. The largest absolute Gasteiger partial charge is 0.395 e. The fraction of sp³-hybridized carbons (Fsp3) is 1.00. The molecule has 0 aliphatic heterocycles. The maximum Gasteiger partial charge on any atom is 0.0970 e. The molecule has 0 aliphatic carbocycles. The molecule has 5 N–H and O–H groups in total. The van der Waals surface area contributed by atoms with E-state index in [9.17, 15) is 0 Å². The lowest BCUT2D eigenvalue weighted by Crippen LogP contribution is -2.39. The van der Waals surface area contributed by atoms with Crippen molar-refractivity contribution in [1.82, 2.24) is 5.32 Å². The van der Waals surface area contributed by atoms with E-state index in [0.717, 1.165) is 0 Å². The molecule has 0 radical (unpaired) electrons. The highest BCUT2D eigenvalue weighted by Crippen LogP contribution is 1.85. The molecule has 0 aromatic rings. The van der Waals surface area contributed by atoms with Crippen molar-refractivity contribution in [1.29, 1.82) is 0 Å². The Bertz CT molecular complexity index is 126. The van der Waals surface area contributed by atoms with Crippen LogP contribution in [0.1, 0.15) is 0 Å². The number of aliphatic hydroxyl groups excluding tert-OH is 2. The molecule has 14 heavy (non-hydrogen) atoms. The van der Waals surface area contributed by atoms with Gasteiger partial charge in [-0.3, -0.25) is 5.32 Å². The number of aliphatic hydroxyl groups is 2. The predicted molar refractivity (Wildman–Crippen MR) is 51.8 cm³/mol. The molecule has 86 valence electrons. The molecular weight excluding hydrogens is 188 g/mol. The van der Waals surface area contributed by atoms with Gasteiger partial charge < -0.3 is 25.4 Å². The Kier molecular flexibility index (Phi) is 9.16. The van der Waals surface area contributed by atoms with Gasteiger partial charge in [-0.05, 0) is 0 Å². The zero-order valence-corrected chi connectivity index (χ0v) is 8.48. The minimum Gasteiger partial charge on any atom is -0.395 e. The van der Waals surface area contributed by atoms with E-state index >= 15 is 0 Å². The van der Waals surface area contributed by atoms with Gasteiger partial charge in [-0.25, -0.2) is 0 Å². The van der Waals surface area contributed by atoms with E-state index in [2.05, 4.69) is 5.32 Å². The maximum absolute atomic E-state index is 9.03. The second-order valence-corrected chi connectivity index (χ2v) is 2.94. The Labute approximate surface area is 84.0 Å². The molecule has 6 heteroatoms. The van der Waals surface area contributed by atoms with Gasteiger partial charge in [-0.2, -0.15) is 0 Å². The van der Waals surface area contributed by atoms with Crippen LogP contribution in [0.2, 0.25) is 0 Å². The molecule has 2 unspecified atom stereocenters. The van der Waals surface area contributed by atoms with Crippen molar-refractivity contribution in [3.8, 4) is 0 Å². The van der Waals surface area contributed by atoms with Crippen molar-refractivity contribution in [3.05, 3.63) is 0 Å². The second-order valence-electron chi connectivity index (χ2n) is 2.94. The second kappa shape index (κ2) is 9.32. The third kappa shape index (κ3) is 7.19. The molecule has 0 heterocycles. The van der Waals surface area contributed by atoms with Crippen LogP contribution in [0.5, 0.6) is 0 Å². The molecule has 0 saturated heterocycles. The smallest absolute Gasteiger partial charge is 0.0970 e. The van der Waals surface area contributed by atoms with Crippen LogP contribution in [0, 0.1) is 0 Å². The van der Waals surface area contributed by atoms with Crippen LogP contribution in [-0.2, 0) is 9.47 Å². The van der Waals surface area contributed by atoms with E-state index in [4.69, 9.17) is 25.4 Å². The third-order valence-corrected chi connectivity index (χ3v) is 1.64. The lowest BCUT2D eigenvalue weighted by Gasteiger charge is -2.16. The van der Waals surface area contributed by atoms with Crippen molar-refractivity contribution in [2.45, 2.75) is 12.1 Å². The average Bonchev–Trinajstić information content (AvgIpc) is 2.22. The first-order valence-corrected chi connectivity index (χ1v) is 4.53. The summed E-state index contributed by atoms with van der Waals surface area (Å²) in [4.78, 5) is 0. The van der Waals surface area contributed by atoms with Crippen molar-refractivity contribution in [3.63, 3.8) is 0 Å². The van der Waals surface area contributed by atoms with Gasteiger partial charge in [-0.1, -0.05) is 0 Å². The Hall–Kier alpha value is -0.240. The van der Waals surface area contributed by atoms with E-state index in [1.807, 2.05) is 0 Å². The van der Waals surface area contributed by atoms with Crippen molar-refractivity contribution in [2.24, 2.45) is 5.73 Å². The number of ether oxygens (including phenoxy) is 2. The number of nitrogens with two attached hydrogens (primary N) is 1. The molecule has 2 atom stereocenters. The monoisotopic (exact) mass is 208 g/mol. The Morgan fingerprint density at radius 2 is 2.14 bits per heavy atom. The number of hydrogen-bond acceptors (Lipinski definition) is 6. The van der Waals surface area contributed by atoms with E-state index in [-0.39, 0.29) is 32.5 Å². The van der Waals surface area contributed by atoms with Crippen LogP contribution >= 0.6 is 0 Å². The van der Waals surface area contributed by atoms with Gasteiger partial charge in [0.2, 0.25) is 0 Å². The zero-order chi connectivity index (χ0) is 10.8. The van der Waals surface area contributed by atoms with Crippen molar-refractivity contribution in [2.75, 3.05) is 40.2 Å². The summed E-state index contributed by atoms with van der Waals surface area (Å²) in [5, 5.41) is 20.8. The Morgan fingerprint density at radius 1 is 1.43 bits per heavy atom. The van der Waals surface area contributed by atoms with Gasteiger partial charge in [0.1, 0.15) is 0 Å². The van der Waals surface area contributed by atoms with E-state index < -0.39 is 6.10 Å². The van der Waals surface area contributed by atoms with Gasteiger partial charge in [-0.15, -0.1) is 0 Å². The normalized spacial score (nSPS) is 15.4. The molecule has 0 fully saturated rings. The minimum atomic E-state index is -0.633. The summed E-state index contributed by atoms with van der Waals surface area (Å²) in [6.45, 7) is 1.03.